The summed E-state index contributed by atoms with van der Waals surface area (Å²) >= 11 is 0. The molecular weight excluding hydrogens is 386 g/mol. The highest BCUT2D eigenvalue weighted by molar-refractivity contribution is 5.86. The summed E-state index contributed by atoms with van der Waals surface area (Å²) in [5.41, 5.74) is 5.54. The van der Waals surface area contributed by atoms with Gasteiger partial charge in [-0.1, -0.05) is 5.16 Å². The number of carboxylic acid groups (broad SMARTS) is 3. The van der Waals surface area contributed by atoms with Crippen LogP contribution in [0, 0.1) is 0 Å². The first-order valence-electron chi connectivity index (χ1n) is 7.52. The van der Waals surface area contributed by atoms with Crippen molar-refractivity contribution >= 4 is 29.9 Å². The predicted octanol–water partition coefficient (Wildman–Crippen LogP) is -1.84. The van der Waals surface area contributed by atoms with Crippen LogP contribution in [-0.4, -0.2) is 61.4 Å². The van der Waals surface area contributed by atoms with E-state index < -0.39 is 73.2 Å². The quantitative estimate of drug-likeness (QED) is 0.238. The Hall–Kier alpha value is -3.75. The third-order valence-electron chi connectivity index (χ3n) is 3.14. The number of nitrogens with one attached hydrogen (secondary N) is 2. The number of carboxylic acids is 3. The number of aliphatic carboxylic acids is 3. The number of nitrogens with zero attached hydrogens (tertiary/aromatic N) is 2. The van der Waals surface area contributed by atoms with E-state index in [0.717, 1.165) is 0 Å². The molecule has 0 aromatic carbocycles. The number of hydrogen-bond acceptors (Lipinski definition) is 9. The third-order valence-corrected chi connectivity index (χ3v) is 3.14. The standard InChI is InChI=1S/C13H16N5O10/c14-4(1-7(19)20)10-17-11(28-18-10)5(2-8(21)22)15-13(27)16-6(12(25)26)3-9(23)24/h4-6H,1-3,14H2,(H,19,20)(H,23,24)(H,25,26)(H2,15,16,27)/t4-,5-,6-/m0/s1. The van der Waals surface area contributed by atoms with Crippen LogP contribution in [-0.2, 0) is 24.3 Å². The Morgan fingerprint density at radius 3 is 2.11 bits per heavy atom. The SMILES string of the molecule is N[C@@H](CC(=O)O)c1noc([C@H](CC([O])=O)NC(=O)N[C@@H](CC(=O)O)C(=O)O)n1. The number of hydrogen-bond donors (Lipinski definition) is 6. The molecule has 2 amide bonds. The van der Waals surface area contributed by atoms with Gasteiger partial charge in [0.2, 0.25) is 5.89 Å². The van der Waals surface area contributed by atoms with Gasteiger partial charge in [0.05, 0.1) is 25.3 Å². The molecule has 1 aromatic rings. The van der Waals surface area contributed by atoms with Crippen molar-refractivity contribution in [2.45, 2.75) is 37.4 Å². The van der Waals surface area contributed by atoms with Crippen LogP contribution in [0.15, 0.2) is 4.52 Å². The van der Waals surface area contributed by atoms with Crippen LogP contribution in [0.1, 0.15) is 43.1 Å². The molecule has 15 nitrogen and oxygen atoms in total. The average molecular weight is 402 g/mol. The lowest BCUT2D eigenvalue weighted by molar-refractivity contribution is -0.145. The van der Waals surface area contributed by atoms with E-state index in [1.165, 1.54) is 0 Å². The summed E-state index contributed by atoms with van der Waals surface area (Å²) in [5.74, 6) is -6.74. The summed E-state index contributed by atoms with van der Waals surface area (Å²) in [6.07, 6.45) is -2.34. The lowest BCUT2D eigenvalue weighted by atomic mass is 10.2. The van der Waals surface area contributed by atoms with Crippen LogP contribution >= 0.6 is 0 Å². The van der Waals surface area contributed by atoms with Crippen LogP contribution < -0.4 is 16.4 Å². The summed E-state index contributed by atoms with van der Waals surface area (Å²) in [6, 6.07) is -5.67. The van der Waals surface area contributed by atoms with E-state index in [-0.39, 0.29) is 5.82 Å². The van der Waals surface area contributed by atoms with Crippen molar-refractivity contribution in [3.05, 3.63) is 11.7 Å². The molecule has 0 aliphatic carbocycles. The number of carbonyl (C=O) groups excluding carboxylic acids is 2. The number of urea groups is 1. The third kappa shape index (κ3) is 7.24. The van der Waals surface area contributed by atoms with Gasteiger partial charge in [-0.2, -0.15) is 4.98 Å². The van der Waals surface area contributed by atoms with Crippen LogP contribution in [0.25, 0.3) is 0 Å². The van der Waals surface area contributed by atoms with Gasteiger partial charge in [-0.25, -0.2) is 19.5 Å². The first kappa shape index (κ1) is 22.3. The van der Waals surface area contributed by atoms with Crippen molar-refractivity contribution in [2.24, 2.45) is 5.73 Å². The zero-order chi connectivity index (χ0) is 21.4. The maximum absolute atomic E-state index is 11.9. The van der Waals surface area contributed by atoms with Gasteiger partial charge < -0.3 is 36.2 Å². The fourth-order valence-corrected chi connectivity index (χ4v) is 1.92. The minimum Gasteiger partial charge on any atom is -0.481 e. The predicted molar refractivity (Wildman–Crippen MR) is 81.9 cm³/mol. The number of rotatable bonds is 11. The largest absolute Gasteiger partial charge is 0.481 e. The second-order valence-corrected chi connectivity index (χ2v) is 5.43. The summed E-state index contributed by atoms with van der Waals surface area (Å²) in [5, 5.41) is 44.4. The molecule has 0 unspecified atom stereocenters. The van der Waals surface area contributed by atoms with Crippen molar-refractivity contribution < 1.29 is 48.9 Å². The van der Waals surface area contributed by atoms with E-state index in [1.807, 2.05) is 10.6 Å². The molecular formula is C13H16N5O10. The highest BCUT2D eigenvalue weighted by atomic mass is 16.5. The molecule has 15 heteroatoms. The normalized spacial score (nSPS) is 13.8. The molecule has 0 aliphatic heterocycles. The molecule has 153 valence electrons. The Kier molecular flexibility index (Phi) is 7.81. The molecule has 0 spiro atoms. The second-order valence-electron chi connectivity index (χ2n) is 5.43. The zero-order valence-corrected chi connectivity index (χ0v) is 14.0. The van der Waals surface area contributed by atoms with E-state index in [0.29, 0.717) is 0 Å². The summed E-state index contributed by atoms with van der Waals surface area (Å²) in [4.78, 5) is 58.7. The fraction of sp³-hybridized carbons (Fsp3) is 0.462. The van der Waals surface area contributed by atoms with Crippen molar-refractivity contribution in [1.29, 1.82) is 0 Å². The Morgan fingerprint density at radius 1 is 1.00 bits per heavy atom. The topological polar surface area (TPSA) is 255 Å². The zero-order valence-electron chi connectivity index (χ0n) is 14.0. The van der Waals surface area contributed by atoms with Gasteiger partial charge in [0, 0.05) is 0 Å². The smallest absolute Gasteiger partial charge is 0.358 e. The number of nitrogens with two attached hydrogens (primary N) is 1. The summed E-state index contributed by atoms with van der Waals surface area (Å²) < 4.78 is 4.77. The van der Waals surface area contributed by atoms with Gasteiger partial charge in [-0.05, 0) is 0 Å². The maximum Gasteiger partial charge on any atom is 0.358 e. The van der Waals surface area contributed by atoms with E-state index in [2.05, 4.69) is 10.1 Å². The molecule has 1 heterocycles. The maximum atomic E-state index is 11.9. The van der Waals surface area contributed by atoms with E-state index in [1.54, 1.807) is 0 Å². The molecule has 0 saturated heterocycles. The molecule has 1 aromatic heterocycles. The van der Waals surface area contributed by atoms with Gasteiger partial charge in [-0.15, -0.1) is 0 Å². The van der Waals surface area contributed by atoms with Crippen LogP contribution in [0.3, 0.4) is 0 Å². The molecule has 0 saturated carbocycles. The number of carbonyl (C=O) groups is 5. The van der Waals surface area contributed by atoms with Gasteiger partial charge in [0.25, 0.3) is 0 Å². The van der Waals surface area contributed by atoms with E-state index in [4.69, 9.17) is 25.6 Å². The Morgan fingerprint density at radius 2 is 1.61 bits per heavy atom. The van der Waals surface area contributed by atoms with Crippen LogP contribution in [0.5, 0.6) is 0 Å². The van der Waals surface area contributed by atoms with E-state index in [9.17, 15) is 29.1 Å². The Labute approximate surface area is 155 Å². The fourth-order valence-electron chi connectivity index (χ4n) is 1.92. The molecule has 1 rings (SSSR count). The molecule has 1 radical (unpaired) electrons. The van der Waals surface area contributed by atoms with Gasteiger partial charge in [-0.3, -0.25) is 9.59 Å². The molecule has 28 heavy (non-hydrogen) atoms. The minimum atomic E-state index is -1.79. The summed E-state index contributed by atoms with van der Waals surface area (Å²) in [6.45, 7) is 0. The molecule has 0 fully saturated rings. The first-order valence-corrected chi connectivity index (χ1v) is 7.52. The second kappa shape index (κ2) is 9.81. The monoisotopic (exact) mass is 402 g/mol. The molecule has 0 aliphatic rings. The molecule has 7 N–H and O–H groups in total. The van der Waals surface area contributed by atoms with Crippen molar-refractivity contribution in [2.75, 3.05) is 0 Å². The lowest BCUT2D eigenvalue weighted by Crippen LogP contribution is -2.48. The van der Waals surface area contributed by atoms with Crippen molar-refractivity contribution in [3.8, 4) is 0 Å². The number of aromatic nitrogens is 2. The van der Waals surface area contributed by atoms with Crippen molar-refractivity contribution in [3.63, 3.8) is 0 Å². The summed E-state index contributed by atoms with van der Waals surface area (Å²) in [7, 11) is 0. The van der Waals surface area contributed by atoms with Gasteiger partial charge in [0.15, 0.2) is 5.82 Å². The number of amides is 2. The van der Waals surface area contributed by atoms with Gasteiger partial charge >= 0.3 is 29.9 Å². The van der Waals surface area contributed by atoms with Crippen molar-refractivity contribution in [1.82, 2.24) is 20.8 Å². The highest BCUT2D eigenvalue weighted by Gasteiger charge is 2.29. The van der Waals surface area contributed by atoms with Crippen LogP contribution in [0.2, 0.25) is 0 Å². The van der Waals surface area contributed by atoms with E-state index >= 15 is 0 Å². The Bertz CT molecular complexity index is 763. The van der Waals surface area contributed by atoms with Gasteiger partial charge in [0.1, 0.15) is 12.1 Å². The lowest BCUT2D eigenvalue weighted by Gasteiger charge is -2.16. The van der Waals surface area contributed by atoms with Crippen LogP contribution in [0.4, 0.5) is 4.79 Å². The highest BCUT2D eigenvalue weighted by Crippen LogP contribution is 2.18. The molecule has 0 bridgehead atoms. The minimum absolute atomic E-state index is 0.266. The Balaban J connectivity index is 2.91. The first-order chi connectivity index (χ1) is 13.0. The molecule has 3 atom stereocenters. The average Bonchev–Trinajstić information content (AvgIpc) is 3.02.